The molecule has 1 aromatic rings. The van der Waals surface area contributed by atoms with Gasteiger partial charge in [-0.05, 0) is 104 Å². The van der Waals surface area contributed by atoms with Crippen LogP contribution in [0.2, 0.25) is 0 Å². The van der Waals surface area contributed by atoms with Gasteiger partial charge in [0.25, 0.3) is 0 Å². The first-order valence-corrected chi connectivity index (χ1v) is 14.1. The molecule has 5 heteroatoms. The fraction of sp³-hybridized carbons (Fsp3) is 0.733. The van der Waals surface area contributed by atoms with E-state index in [0.29, 0.717) is 42.8 Å². The molecule has 4 rings (SSSR count). The predicted molar refractivity (Wildman–Crippen MR) is 136 cm³/mol. The lowest BCUT2D eigenvalue weighted by Crippen LogP contribution is -2.43. The van der Waals surface area contributed by atoms with Gasteiger partial charge in [0.15, 0.2) is 0 Å². The van der Waals surface area contributed by atoms with Crippen LogP contribution in [0.1, 0.15) is 114 Å². The van der Waals surface area contributed by atoms with Gasteiger partial charge in [-0.1, -0.05) is 45.6 Å². The number of aryl methyl sites for hydroxylation is 1. The number of esters is 1. The zero-order valence-electron chi connectivity index (χ0n) is 21.6. The number of aliphatic carboxylic acids is 1. The van der Waals surface area contributed by atoms with Gasteiger partial charge in [-0.25, -0.2) is 0 Å². The number of benzene rings is 1. The first-order valence-electron chi connectivity index (χ1n) is 14.1. The Labute approximate surface area is 210 Å². The van der Waals surface area contributed by atoms with Gasteiger partial charge in [0.2, 0.25) is 0 Å². The van der Waals surface area contributed by atoms with Gasteiger partial charge in [-0.3, -0.25) is 9.59 Å². The summed E-state index contributed by atoms with van der Waals surface area (Å²) in [4.78, 5) is 23.9. The second-order valence-electron chi connectivity index (χ2n) is 11.7. The van der Waals surface area contributed by atoms with Crippen molar-refractivity contribution in [2.24, 2.45) is 23.2 Å². The maximum Gasteiger partial charge on any atom is 0.311 e. The molecule has 6 atom stereocenters. The van der Waals surface area contributed by atoms with E-state index in [9.17, 15) is 19.8 Å². The number of rotatable bonds is 11. The van der Waals surface area contributed by atoms with E-state index in [-0.39, 0.29) is 23.4 Å². The first-order chi connectivity index (χ1) is 16.8. The molecular formula is C30H44O5. The predicted octanol–water partition coefficient (Wildman–Crippen LogP) is 6.65. The molecular weight excluding hydrogens is 440 g/mol. The lowest BCUT2D eigenvalue weighted by Gasteiger charge is -2.50. The lowest BCUT2D eigenvalue weighted by molar-refractivity contribution is -0.142. The molecule has 0 aromatic heterocycles. The summed E-state index contributed by atoms with van der Waals surface area (Å²) in [5.74, 6) is 1.22. The monoisotopic (exact) mass is 484 g/mol. The van der Waals surface area contributed by atoms with Gasteiger partial charge >= 0.3 is 11.9 Å². The number of hydrogen-bond donors (Lipinski definition) is 2. The SMILES string of the molecule is CCCCCC(CCCCC(=O)Oc1ccc2c(c1)CCC1C2CC[C@@]2(C)C1CC[C@@H]2O)C(=O)O. The molecule has 2 saturated carbocycles. The Morgan fingerprint density at radius 3 is 2.60 bits per heavy atom. The summed E-state index contributed by atoms with van der Waals surface area (Å²) in [7, 11) is 0. The van der Waals surface area contributed by atoms with Gasteiger partial charge in [-0.2, -0.15) is 0 Å². The van der Waals surface area contributed by atoms with E-state index in [0.717, 1.165) is 70.6 Å². The molecule has 3 aliphatic rings. The number of aliphatic hydroxyl groups is 1. The molecule has 3 aliphatic carbocycles. The van der Waals surface area contributed by atoms with E-state index < -0.39 is 5.97 Å². The minimum Gasteiger partial charge on any atom is -0.481 e. The normalized spacial score (nSPS) is 30.1. The van der Waals surface area contributed by atoms with Gasteiger partial charge in [-0.15, -0.1) is 0 Å². The molecule has 1 aromatic carbocycles. The van der Waals surface area contributed by atoms with Crippen molar-refractivity contribution in [2.75, 3.05) is 0 Å². The average Bonchev–Trinajstić information content (AvgIpc) is 3.14. The third kappa shape index (κ3) is 5.76. The van der Waals surface area contributed by atoms with Crippen LogP contribution < -0.4 is 4.74 Å². The second-order valence-corrected chi connectivity index (χ2v) is 11.7. The largest absolute Gasteiger partial charge is 0.481 e. The van der Waals surface area contributed by atoms with Crippen LogP contribution in [0.15, 0.2) is 18.2 Å². The van der Waals surface area contributed by atoms with Crippen LogP contribution in [0.3, 0.4) is 0 Å². The zero-order valence-corrected chi connectivity index (χ0v) is 21.6. The van der Waals surface area contributed by atoms with Gasteiger partial charge in [0.05, 0.1) is 12.0 Å². The Hall–Kier alpha value is -1.88. The van der Waals surface area contributed by atoms with Crippen molar-refractivity contribution in [1.82, 2.24) is 0 Å². The number of hydrogen-bond acceptors (Lipinski definition) is 4. The Morgan fingerprint density at radius 1 is 1.09 bits per heavy atom. The number of ether oxygens (including phenoxy) is 1. The van der Waals surface area contributed by atoms with Crippen molar-refractivity contribution in [1.29, 1.82) is 0 Å². The van der Waals surface area contributed by atoms with Crippen LogP contribution in [0, 0.1) is 23.2 Å². The maximum atomic E-state index is 12.4. The van der Waals surface area contributed by atoms with Crippen LogP contribution >= 0.6 is 0 Å². The standard InChI is InChI=1S/C30H44O5/c1-3-4-5-8-20(29(33)34)9-6-7-10-28(32)35-22-12-14-23-21(19-22)11-13-25-24(23)17-18-30(2)26(25)15-16-27(30)31/h12,14,19-20,24-27,31H,3-11,13,15-18H2,1-2H3,(H,33,34)/t20?,24?,25?,26?,27-,30-/m0/s1. The quantitative estimate of drug-likeness (QED) is 0.209. The highest BCUT2D eigenvalue weighted by atomic mass is 16.5. The van der Waals surface area contributed by atoms with Crippen molar-refractivity contribution >= 4 is 11.9 Å². The fourth-order valence-corrected chi connectivity index (χ4v) is 7.47. The van der Waals surface area contributed by atoms with E-state index >= 15 is 0 Å². The Kier molecular flexibility index (Phi) is 8.57. The summed E-state index contributed by atoms with van der Waals surface area (Å²) in [6.45, 7) is 4.42. The van der Waals surface area contributed by atoms with Gasteiger partial charge in [0.1, 0.15) is 5.75 Å². The molecule has 2 fully saturated rings. The molecule has 0 saturated heterocycles. The summed E-state index contributed by atoms with van der Waals surface area (Å²) in [5, 5.41) is 20.0. The molecule has 4 unspecified atom stereocenters. The summed E-state index contributed by atoms with van der Waals surface area (Å²) >= 11 is 0. The number of unbranched alkanes of at least 4 members (excludes halogenated alkanes) is 3. The van der Waals surface area contributed by atoms with Gasteiger partial charge in [0, 0.05) is 6.42 Å². The van der Waals surface area contributed by atoms with Crippen molar-refractivity contribution in [3.05, 3.63) is 29.3 Å². The number of fused-ring (bicyclic) bond motifs is 5. The molecule has 0 radical (unpaired) electrons. The molecule has 5 nitrogen and oxygen atoms in total. The molecule has 0 heterocycles. The molecule has 0 spiro atoms. The topological polar surface area (TPSA) is 83.8 Å². The average molecular weight is 485 g/mol. The van der Waals surface area contributed by atoms with Crippen molar-refractivity contribution < 1.29 is 24.5 Å². The van der Waals surface area contributed by atoms with Crippen molar-refractivity contribution in [2.45, 2.75) is 116 Å². The minimum absolute atomic E-state index is 0.0914. The molecule has 0 bridgehead atoms. The number of carboxylic acid groups (broad SMARTS) is 1. The van der Waals surface area contributed by atoms with Crippen LogP contribution in [-0.2, 0) is 16.0 Å². The summed E-state index contributed by atoms with van der Waals surface area (Å²) < 4.78 is 5.66. The Balaban J connectivity index is 1.27. The molecule has 0 amide bonds. The van der Waals surface area contributed by atoms with E-state index in [2.05, 4.69) is 26.0 Å². The van der Waals surface area contributed by atoms with E-state index in [1.807, 2.05) is 6.07 Å². The number of carboxylic acids is 1. The van der Waals surface area contributed by atoms with Crippen molar-refractivity contribution in [3.63, 3.8) is 0 Å². The second kappa shape index (κ2) is 11.5. The molecule has 194 valence electrons. The zero-order chi connectivity index (χ0) is 25.0. The third-order valence-corrected chi connectivity index (χ3v) is 9.57. The minimum atomic E-state index is -0.716. The Bertz CT molecular complexity index is 895. The highest BCUT2D eigenvalue weighted by Gasteiger charge is 2.54. The third-order valence-electron chi connectivity index (χ3n) is 9.57. The first kappa shape index (κ1) is 26.2. The molecule has 0 aliphatic heterocycles. The summed E-state index contributed by atoms with van der Waals surface area (Å²) in [5.41, 5.74) is 2.83. The lowest BCUT2D eigenvalue weighted by atomic mass is 9.55. The van der Waals surface area contributed by atoms with Crippen molar-refractivity contribution in [3.8, 4) is 5.75 Å². The molecule has 35 heavy (non-hydrogen) atoms. The smallest absolute Gasteiger partial charge is 0.311 e. The highest BCUT2D eigenvalue weighted by molar-refractivity contribution is 5.72. The highest BCUT2D eigenvalue weighted by Crippen LogP contribution is 2.60. The molecule has 2 N–H and O–H groups in total. The number of aliphatic hydroxyl groups excluding tert-OH is 1. The summed E-state index contributed by atoms with van der Waals surface area (Å²) in [6, 6.07) is 6.19. The maximum absolute atomic E-state index is 12.4. The van der Waals surface area contributed by atoms with E-state index in [4.69, 9.17) is 4.74 Å². The van der Waals surface area contributed by atoms with Crippen LogP contribution in [0.5, 0.6) is 5.75 Å². The van der Waals surface area contributed by atoms with E-state index in [1.54, 1.807) is 0 Å². The fourth-order valence-electron chi connectivity index (χ4n) is 7.47. The Morgan fingerprint density at radius 2 is 1.86 bits per heavy atom. The van der Waals surface area contributed by atoms with E-state index in [1.165, 1.54) is 11.1 Å². The number of carbonyl (C=O) groups is 2. The summed E-state index contributed by atoms with van der Waals surface area (Å²) in [6.07, 6.45) is 12.5. The van der Waals surface area contributed by atoms with Crippen LogP contribution in [0.25, 0.3) is 0 Å². The van der Waals surface area contributed by atoms with Gasteiger partial charge < -0.3 is 14.9 Å². The number of carbonyl (C=O) groups excluding carboxylic acids is 1. The van der Waals surface area contributed by atoms with Crippen LogP contribution in [0.4, 0.5) is 0 Å². The van der Waals surface area contributed by atoms with Crippen LogP contribution in [-0.4, -0.2) is 28.3 Å².